The van der Waals surface area contributed by atoms with Crippen molar-refractivity contribution in [2.45, 2.75) is 51.1 Å². The number of nitro benzene ring substituents is 1. The van der Waals surface area contributed by atoms with E-state index in [4.69, 9.17) is 11.3 Å². The monoisotopic (exact) mass is 599 g/mol. The van der Waals surface area contributed by atoms with Crippen LogP contribution in [0.25, 0.3) is 4.85 Å². The molecule has 0 aliphatic carbocycles. The lowest BCUT2D eigenvalue weighted by Gasteiger charge is -2.36. The molecule has 0 saturated carbocycles. The van der Waals surface area contributed by atoms with Gasteiger partial charge in [0.05, 0.1) is 33.9 Å². The number of nitrogens with zero attached hydrogens (tertiary/aromatic N) is 5. The molecule has 39 heavy (non-hydrogen) atoms. The fraction of sp³-hybridized carbons (Fsp3) is 0.462. The van der Waals surface area contributed by atoms with Crippen LogP contribution in [0.1, 0.15) is 47.4 Å². The second kappa shape index (κ2) is 12.0. The van der Waals surface area contributed by atoms with Crippen LogP contribution in [0.3, 0.4) is 0 Å². The van der Waals surface area contributed by atoms with Crippen LogP contribution < -0.4 is 10.6 Å². The molecule has 13 heteroatoms. The summed E-state index contributed by atoms with van der Waals surface area (Å²) in [6, 6.07) is 4.16. The Bertz CT molecular complexity index is 1310. The van der Waals surface area contributed by atoms with Crippen LogP contribution in [-0.2, 0) is 4.74 Å². The number of carbonyl (C=O) groups is 2. The number of pyridine rings is 1. The first-order valence-electron chi connectivity index (χ1n) is 12.6. The summed E-state index contributed by atoms with van der Waals surface area (Å²) in [6.07, 6.45) is 2.88. The van der Waals surface area contributed by atoms with Crippen molar-refractivity contribution in [2.75, 3.05) is 37.3 Å². The molecule has 2 fully saturated rings. The summed E-state index contributed by atoms with van der Waals surface area (Å²) in [6.45, 7) is 12.2. The molecule has 4 rings (SSSR count). The Kier molecular flexibility index (Phi) is 8.66. The lowest BCUT2D eigenvalue weighted by Crippen LogP contribution is -2.50. The van der Waals surface area contributed by atoms with E-state index in [-0.39, 0.29) is 47.5 Å². The van der Waals surface area contributed by atoms with Crippen molar-refractivity contribution in [3.8, 4) is 0 Å². The van der Waals surface area contributed by atoms with Gasteiger partial charge < -0.3 is 20.3 Å². The maximum Gasteiger partial charge on any atom is 0.300 e. The van der Waals surface area contributed by atoms with Gasteiger partial charge in [0.25, 0.3) is 17.5 Å². The molecule has 0 unspecified atom stereocenters. The normalized spacial score (nSPS) is 23.1. The third-order valence-corrected chi connectivity index (χ3v) is 7.26. The number of aromatic nitrogens is 1. The van der Waals surface area contributed by atoms with Crippen molar-refractivity contribution in [3.63, 3.8) is 0 Å². The van der Waals surface area contributed by atoms with Gasteiger partial charge in [-0.15, -0.1) is 0 Å². The summed E-state index contributed by atoms with van der Waals surface area (Å²) in [7, 11) is 1.72. The number of hydrogen-bond donors (Lipinski definition) is 2. The van der Waals surface area contributed by atoms with Gasteiger partial charge in [-0.3, -0.25) is 34.4 Å². The highest BCUT2D eigenvalue weighted by Crippen LogP contribution is 2.36. The van der Waals surface area contributed by atoms with E-state index in [2.05, 4.69) is 36.4 Å². The standard InChI is InChI=1S/C26H30BrN7O5/c1-15-12-32(13-16(2)39-15)26(36)21-8-18(27)9-22(34(37)38)24(21)31-19-5-6-23(29-4)33(14-19)25(35)17-7-20(28-3)11-30-10-17/h7-11,15-16,19,23,28,31H,5-6,12-14H2,1-3H3/t15-,16+,19-,23+/m1/s1. The molecular weight excluding hydrogens is 570 g/mol. The summed E-state index contributed by atoms with van der Waals surface area (Å²) in [4.78, 5) is 49.4. The minimum Gasteiger partial charge on any atom is -0.387 e. The molecule has 1 aromatic heterocycles. The van der Waals surface area contributed by atoms with Crippen LogP contribution in [0.15, 0.2) is 35.1 Å². The number of nitrogens with one attached hydrogen (secondary N) is 2. The summed E-state index contributed by atoms with van der Waals surface area (Å²) in [5, 5.41) is 18.2. The highest BCUT2D eigenvalue weighted by molar-refractivity contribution is 9.10. The topological polar surface area (TPSA) is 134 Å². The fourth-order valence-corrected chi connectivity index (χ4v) is 5.51. The molecule has 2 aliphatic rings. The molecule has 2 aromatic rings. The number of carbonyl (C=O) groups excluding carboxylic acids is 2. The van der Waals surface area contributed by atoms with Crippen molar-refractivity contribution in [2.24, 2.45) is 0 Å². The molecule has 2 N–H and O–H groups in total. The Morgan fingerprint density at radius 1 is 1.15 bits per heavy atom. The van der Waals surface area contributed by atoms with Crippen molar-refractivity contribution >= 4 is 44.8 Å². The number of halogens is 1. The highest BCUT2D eigenvalue weighted by atomic mass is 79.9. The zero-order valence-electron chi connectivity index (χ0n) is 21.9. The molecule has 2 saturated heterocycles. The summed E-state index contributed by atoms with van der Waals surface area (Å²) in [5.41, 5.74) is 0.994. The van der Waals surface area contributed by atoms with E-state index in [9.17, 15) is 19.7 Å². The van der Waals surface area contributed by atoms with Crippen LogP contribution in [-0.4, -0.2) is 82.6 Å². The third kappa shape index (κ3) is 6.29. The fourth-order valence-electron chi connectivity index (χ4n) is 5.06. The number of nitro groups is 1. The molecule has 2 aliphatic heterocycles. The summed E-state index contributed by atoms with van der Waals surface area (Å²) < 4.78 is 6.15. The van der Waals surface area contributed by atoms with Crippen LogP contribution in [0.4, 0.5) is 17.1 Å². The maximum absolute atomic E-state index is 13.7. The van der Waals surface area contributed by atoms with E-state index >= 15 is 0 Å². The van der Waals surface area contributed by atoms with E-state index in [0.29, 0.717) is 41.7 Å². The van der Waals surface area contributed by atoms with Crippen molar-refractivity contribution in [1.29, 1.82) is 0 Å². The SMILES string of the molecule is [C-]#[N+][C@@H]1CC[C@@H](Nc2c(C(=O)N3C[C@@H](C)O[C@@H](C)C3)cc(Br)cc2[N+](=O)[O-])CN1C(=O)c1cncc(NC)c1. The van der Waals surface area contributed by atoms with E-state index in [0.717, 1.165) is 0 Å². The quantitative estimate of drug-likeness (QED) is 0.289. The molecule has 0 bridgehead atoms. The van der Waals surface area contributed by atoms with Gasteiger partial charge in [0.15, 0.2) is 0 Å². The maximum atomic E-state index is 13.7. The van der Waals surface area contributed by atoms with Gasteiger partial charge in [0, 0.05) is 62.1 Å². The molecule has 2 amide bonds. The van der Waals surface area contributed by atoms with Gasteiger partial charge >= 0.3 is 6.17 Å². The van der Waals surface area contributed by atoms with Crippen molar-refractivity contribution in [3.05, 3.63) is 67.7 Å². The van der Waals surface area contributed by atoms with Crippen LogP contribution in [0, 0.1) is 16.7 Å². The predicted octanol–water partition coefficient (Wildman–Crippen LogP) is 4.01. The number of amides is 2. The van der Waals surface area contributed by atoms with E-state index in [1.165, 1.54) is 17.2 Å². The molecule has 12 nitrogen and oxygen atoms in total. The second-order valence-corrected chi connectivity index (χ2v) is 10.7. The highest BCUT2D eigenvalue weighted by Gasteiger charge is 2.38. The van der Waals surface area contributed by atoms with E-state index in [1.54, 1.807) is 30.3 Å². The average Bonchev–Trinajstić information content (AvgIpc) is 2.92. The summed E-state index contributed by atoms with van der Waals surface area (Å²) >= 11 is 3.32. The molecule has 0 spiro atoms. The summed E-state index contributed by atoms with van der Waals surface area (Å²) in [5.74, 6) is -0.702. The Labute approximate surface area is 234 Å². The van der Waals surface area contributed by atoms with Crippen molar-refractivity contribution < 1.29 is 19.2 Å². The zero-order valence-corrected chi connectivity index (χ0v) is 23.5. The number of ether oxygens (including phenoxy) is 1. The molecular formula is C26H30BrN7O5. The predicted molar refractivity (Wildman–Crippen MR) is 149 cm³/mol. The van der Waals surface area contributed by atoms with Crippen LogP contribution in [0.2, 0.25) is 0 Å². The van der Waals surface area contributed by atoms with Gasteiger partial charge in [0.1, 0.15) is 5.69 Å². The van der Waals surface area contributed by atoms with Gasteiger partial charge in [-0.1, -0.05) is 15.9 Å². The zero-order chi connectivity index (χ0) is 28.3. The molecule has 3 heterocycles. The minimum atomic E-state index is -0.675. The number of anilines is 2. The number of hydrogen-bond acceptors (Lipinski definition) is 8. The third-order valence-electron chi connectivity index (χ3n) is 6.80. The first kappa shape index (κ1) is 28.3. The first-order valence-corrected chi connectivity index (χ1v) is 13.4. The van der Waals surface area contributed by atoms with Gasteiger partial charge in [-0.2, -0.15) is 0 Å². The van der Waals surface area contributed by atoms with E-state index < -0.39 is 17.1 Å². The first-order chi connectivity index (χ1) is 18.6. The Balaban J connectivity index is 1.65. The minimum absolute atomic E-state index is 0.0949. The second-order valence-electron chi connectivity index (χ2n) is 9.77. The lowest BCUT2D eigenvalue weighted by atomic mass is 10.00. The number of likely N-dealkylation sites (tertiary alicyclic amines) is 1. The molecule has 1 aromatic carbocycles. The van der Waals surface area contributed by atoms with Crippen molar-refractivity contribution in [1.82, 2.24) is 14.8 Å². The van der Waals surface area contributed by atoms with Crippen LogP contribution >= 0.6 is 15.9 Å². The number of piperidine rings is 1. The lowest BCUT2D eigenvalue weighted by molar-refractivity contribution is -0.384. The molecule has 206 valence electrons. The van der Waals surface area contributed by atoms with Gasteiger partial charge in [-0.05, 0) is 32.4 Å². The smallest absolute Gasteiger partial charge is 0.300 e. The number of benzene rings is 1. The Morgan fingerprint density at radius 3 is 2.51 bits per heavy atom. The van der Waals surface area contributed by atoms with Crippen LogP contribution in [0.5, 0.6) is 0 Å². The van der Waals surface area contributed by atoms with E-state index in [1.807, 2.05) is 13.8 Å². The average molecular weight is 600 g/mol. The number of rotatable bonds is 6. The Morgan fingerprint density at radius 2 is 1.87 bits per heavy atom. The molecule has 0 radical (unpaired) electrons. The Hall–Kier alpha value is -3.76. The largest absolute Gasteiger partial charge is 0.387 e. The van der Waals surface area contributed by atoms with Gasteiger partial charge in [0.2, 0.25) is 0 Å². The number of morpholine rings is 1. The molecule has 4 atom stereocenters. The van der Waals surface area contributed by atoms with Gasteiger partial charge in [-0.25, -0.2) is 6.57 Å².